The highest BCUT2D eigenvalue weighted by Gasteiger charge is 2.11. The van der Waals surface area contributed by atoms with Crippen LogP contribution in [0.15, 0.2) is 36.4 Å². The van der Waals surface area contributed by atoms with Gasteiger partial charge in [0.2, 0.25) is 0 Å². The quantitative estimate of drug-likeness (QED) is 0.653. The van der Waals surface area contributed by atoms with Gasteiger partial charge in [-0.15, -0.1) is 10.2 Å². The number of benzene rings is 1. The zero-order chi connectivity index (χ0) is 14.5. The molecule has 1 aromatic carbocycles. The predicted molar refractivity (Wildman–Crippen MR) is 76.3 cm³/mol. The van der Waals surface area contributed by atoms with Gasteiger partial charge in [0, 0.05) is 5.69 Å². The first-order valence-electron chi connectivity index (χ1n) is 6.15. The Bertz CT molecular complexity index is 598. The molecule has 0 bridgehead atoms. The molecule has 0 amide bonds. The van der Waals surface area contributed by atoms with Crippen molar-refractivity contribution in [3.05, 3.63) is 47.7 Å². The third-order valence-electron chi connectivity index (χ3n) is 2.89. The lowest BCUT2D eigenvalue weighted by Gasteiger charge is -2.16. The maximum absolute atomic E-state index is 11.3. The Balaban J connectivity index is 2.10. The second-order valence-corrected chi connectivity index (χ2v) is 4.29. The van der Waals surface area contributed by atoms with Crippen LogP contribution >= 0.6 is 0 Å². The molecule has 0 saturated heterocycles. The number of esters is 1. The number of rotatable bonds is 4. The molecule has 2 rings (SSSR count). The zero-order valence-corrected chi connectivity index (χ0v) is 11.3. The largest absolute Gasteiger partial charge is 0.464 e. The molecule has 0 aliphatic rings. The highest BCUT2D eigenvalue weighted by Crippen LogP contribution is 2.22. The van der Waals surface area contributed by atoms with Crippen molar-refractivity contribution in [1.29, 1.82) is 0 Å². The number of methoxy groups -OCH3 is 1. The minimum absolute atomic E-state index is 0.0190. The lowest BCUT2D eigenvalue weighted by molar-refractivity contribution is 0.0593. The third-order valence-corrected chi connectivity index (χ3v) is 2.89. The van der Waals surface area contributed by atoms with Crippen molar-refractivity contribution < 1.29 is 9.53 Å². The molecule has 1 atom stereocenters. The summed E-state index contributed by atoms with van der Waals surface area (Å²) in [6.45, 7) is 1.97. The van der Waals surface area contributed by atoms with Crippen molar-refractivity contribution in [2.24, 2.45) is 0 Å². The normalized spacial score (nSPS) is 11.7. The number of nitrogen functional groups attached to an aromatic ring is 1. The second kappa shape index (κ2) is 6.01. The first kappa shape index (κ1) is 13.8. The molecule has 2 aromatic rings. The van der Waals surface area contributed by atoms with Crippen molar-refractivity contribution in [2.45, 2.75) is 13.0 Å². The van der Waals surface area contributed by atoms with E-state index in [-0.39, 0.29) is 11.7 Å². The van der Waals surface area contributed by atoms with Crippen LogP contribution in [0.25, 0.3) is 0 Å². The maximum Gasteiger partial charge on any atom is 0.358 e. The molecule has 20 heavy (non-hydrogen) atoms. The van der Waals surface area contributed by atoms with E-state index in [9.17, 15) is 4.79 Å². The first-order chi connectivity index (χ1) is 9.61. The summed E-state index contributed by atoms with van der Waals surface area (Å²) in [7, 11) is 1.30. The molecule has 0 aliphatic heterocycles. The molecule has 3 N–H and O–H groups in total. The smallest absolute Gasteiger partial charge is 0.358 e. The topological polar surface area (TPSA) is 90.1 Å². The minimum Gasteiger partial charge on any atom is -0.464 e. The van der Waals surface area contributed by atoms with Gasteiger partial charge in [-0.3, -0.25) is 0 Å². The molecule has 1 aromatic heterocycles. The molecule has 0 spiro atoms. The summed E-state index contributed by atoms with van der Waals surface area (Å²) in [6, 6.07) is 10.8. The van der Waals surface area contributed by atoms with Crippen molar-refractivity contribution in [2.75, 3.05) is 18.2 Å². The lowest BCUT2D eigenvalue weighted by atomic mass is 10.1. The van der Waals surface area contributed by atoms with Crippen molar-refractivity contribution in [3.8, 4) is 0 Å². The molecular weight excluding hydrogens is 256 g/mol. The molecule has 0 radical (unpaired) electrons. The van der Waals surface area contributed by atoms with Gasteiger partial charge in [-0.1, -0.05) is 18.2 Å². The minimum atomic E-state index is -0.510. The number of hydrogen-bond donors (Lipinski definition) is 2. The average molecular weight is 272 g/mol. The first-order valence-corrected chi connectivity index (χ1v) is 6.15. The van der Waals surface area contributed by atoms with Crippen LogP contribution in [0.4, 0.5) is 11.5 Å². The Hall–Kier alpha value is -2.63. The van der Waals surface area contributed by atoms with E-state index in [2.05, 4.69) is 20.3 Å². The summed E-state index contributed by atoms with van der Waals surface area (Å²) in [6.07, 6.45) is 0. The highest BCUT2D eigenvalue weighted by atomic mass is 16.5. The van der Waals surface area contributed by atoms with E-state index in [1.807, 2.05) is 31.2 Å². The van der Waals surface area contributed by atoms with Crippen LogP contribution in [-0.2, 0) is 4.74 Å². The van der Waals surface area contributed by atoms with E-state index < -0.39 is 5.97 Å². The maximum atomic E-state index is 11.3. The van der Waals surface area contributed by atoms with Gasteiger partial charge in [-0.2, -0.15) is 0 Å². The lowest BCUT2D eigenvalue weighted by Crippen LogP contribution is -2.12. The number of aromatic nitrogens is 2. The fourth-order valence-electron chi connectivity index (χ4n) is 1.83. The molecule has 1 heterocycles. The summed E-state index contributed by atoms with van der Waals surface area (Å²) in [5.74, 6) is 0.0535. The van der Waals surface area contributed by atoms with Gasteiger partial charge >= 0.3 is 5.97 Å². The number of anilines is 2. The number of carbonyl (C=O) groups excluding carboxylic acids is 1. The van der Waals surface area contributed by atoms with Gasteiger partial charge in [0.15, 0.2) is 5.69 Å². The van der Waals surface area contributed by atoms with Crippen LogP contribution in [0.3, 0.4) is 0 Å². The molecule has 6 heteroatoms. The Labute approximate surface area is 117 Å². The van der Waals surface area contributed by atoms with Gasteiger partial charge in [-0.25, -0.2) is 4.79 Å². The zero-order valence-electron chi connectivity index (χ0n) is 11.3. The number of carbonyl (C=O) groups is 1. The van der Waals surface area contributed by atoms with Gasteiger partial charge in [0.1, 0.15) is 5.82 Å². The number of nitrogens with one attached hydrogen (secondary N) is 1. The number of nitrogens with zero attached hydrogens (tertiary/aromatic N) is 2. The Morgan fingerprint density at radius 1 is 1.25 bits per heavy atom. The monoisotopic (exact) mass is 272 g/mol. The summed E-state index contributed by atoms with van der Waals surface area (Å²) < 4.78 is 4.56. The second-order valence-electron chi connectivity index (χ2n) is 4.29. The molecule has 0 saturated carbocycles. The average Bonchev–Trinajstić information content (AvgIpc) is 2.47. The van der Waals surface area contributed by atoms with E-state index >= 15 is 0 Å². The summed E-state index contributed by atoms with van der Waals surface area (Å²) in [5, 5.41) is 10.9. The van der Waals surface area contributed by atoms with Gasteiger partial charge in [-0.05, 0) is 30.7 Å². The molecule has 104 valence electrons. The molecule has 6 nitrogen and oxygen atoms in total. The highest BCUT2D eigenvalue weighted by molar-refractivity contribution is 5.86. The number of para-hydroxylation sites is 1. The van der Waals surface area contributed by atoms with Crippen molar-refractivity contribution >= 4 is 17.5 Å². The van der Waals surface area contributed by atoms with Gasteiger partial charge in [0.05, 0.1) is 13.2 Å². The Morgan fingerprint density at radius 2 is 2.00 bits per heavy atom. The van der Waals surface area contributed by atoms with Gasteiger partial charge < -0.3 is 15.8 Å². The molecule has 0 fully saturated rings. The van der Waals surface area contributed by atoms with E-state index in [0.29, 0.717) is 11.5 Å². The fourth-order valence-corrected chi connectivity index (χ4v) is 1.83. The number of hydrogen-bond acceptors (Lipinski definition) is 6. The van der Waals surface area contributed by atoms with Crippen LogP contribution in [0, 0.1) is 0 Å². The molecule has 1 unspecified atom stereocenters. The number of ether oxygens (including phenoxy) is 1. The predicted octanol–water partition coefficient (Wildman–Crippen LogP) is 2.02. The van der Waals surface area contributed by atoms with Gasteiger partial charge in [0.25, 0.3) is 0 Å². The number of nitrogens with two attached hydrogens (primary N) is 1. The third kappa shape index (κ3) is 3.03. The summed E-state index contributed by atoms with van der Waals surface area (Å²) >= 11 is 0. The Morgan fingerprint density at radius 3 is 2.60 bits per heavy atom. The summed E-state index contributed by atoms with van der Waals surface area (Å²) in [5.41, 5.74) is 7.78. The van der Waals surface area contributed by atoms with E-state index in [1.165, 1.54) is 7.11 Å². The standard InChI is InChI=1S/C14H16N4O2/c1-9(10-5-3-4-6-11(10)15)16-13-8-7-12(17-18-13)14(19)20-2/h3-9H,15H2,1-2H3,(H,16,18). The van der Waals surface area contributed by atoms with Crippen molar-refractivity contribution in [1.82, 2.24) is 10.2 Å². The van der Waals surface area contributed by atoms with Crippen molar-refractivity contribution in [3.63, 3.8) is 0 Å². The summed E-state index contributed by atoms with van der Waals surface area (Å²) in [4.78, 5) is 11.3. The van der Waals surface area contributed by atoms with E-state index in [0.717, 1.165) is 5.56 Å². The fraction of sp³-hybridized carbons (Fsp3) is 0.214. The molecular formula is C14H16N4O2. The SMILES string of the molecule is COC(=O)c1ccc(NC(C)c2ccccc2N)nn1. The molecule has 0 aliphatic carbocycles. The Kier molecular flexibility index (Phi) is 4.14. The van der Waals surface area contributed by atoms with Crippen LogP contribution in [-0.4, -0.2) is 23.3 Å². The van der Waals surface area contributed by atoms with E-state index in [4.69, 9.17) is 5.73 Å². The van der Waals surface area contributed by atoms with Crippen LogP contribution < -0.4 is 11.1 Å². The van der Waals surface area contributed by atoms with Crippen LogP contribution in [0.1, 0.15) is 29.0 Å². The van der Waals surface area contributed by atoms with Crippen LogP contribution in [0.2, 0.25) is 0 Å². The van der Waals surface area contributed by atoms with E-state index in [1.54, 1.807) is 12.1 Å². The van der Waals surface area contributed by atoms with Crippen LogP contribution in [0.5, 0.6) is 0 Å².